The van der Waals surface area contributed by atoms with E-state index >= 15 is 0 Å². The van der Waals surface area contributed by atoms with Crippen molar-refractivity contribution in [3.05, 3.63) is 53.1 Å². The van der Waals surface area contributed by atoms with Gasteiger partial charge in [-0.3, -0.25) is 14.3 Å². The smallest absolute Gasteiger partial charge is 0.264 e. The molecule has 4 aliphatic rings. The number of carbonyl (C=O) groups excluding carboxylic acids is 2. The van der Waals surface area contributed by atoms with E-state index in [4.69, 9.17) is 4.74 Å². The fraction of sp³-hybridized carbons (Fsp3) is 0.529. The Kier molecular flexibility index (Phi) is 7.79. The normalized spacial score (nSPS) is 24.1. The molecule has 3 fully saturated rings. The molecule has 3 aromatic rings. The number of amides is 2. The van der Waals surface area contributed by atoms with Gasteiger partial charge in [-0.1, -0.05) is 25.3 Å². The van der Waals surface area contributed by atoms with E-state index in [1.165, 1.54) is 46.0 Å². The minimum atomic E-state index is -1.63. The first-order chi connectivity index (χ1) is 21.3. The van der Waals surface area contributed by atoms with Crippen molar-refractivity contribution >= 4 is 33.9 Å². The third-order valence-corrected chi connectivity index (χ3v) is 11.4. The summed E-state index contributed by atoms with van der Waals surface area (Å²) in [6.45, 7) is 3.81. The molecule has 2 aromatic carbocycles. The van der Waals surface area contributed by atoms with Crippen LogP contribution in [-0.2, 0) is 22.5 Å². The maximum Gasteiger partial charge on any atom is 0.264 e. The minimum Gasteiger partial charge on any atom is -0.497 e. The molecular formula is C34H43N5O4S. The predicted molar refractivity (Wildman–Crippen MR) is 173 cm³/mol. The minimum absolute atomic E-state index is 0.111. The van der Waals surface area contributed by atoms with Crippen molar-refractivity contribution in [3.8, 4) is 17.0 Å². The van der Waals surface area contributed by atoms with Gasteiger partial charge < -0.3 is 19.5 Å². The van der Waals surface area contributed by atoms with E-state index in [-0.39, 0.29) is 17.7 Å². The number of aromatic nitrogens is 1. The highest BCUT2D eigenvalue weighted by Gasteiger charge is 2.63. The molecule has 1 saturated heterocycles. The second-order valence-electron chi connectivity index (χ2n) is 13.2. The highest BCUT2D eigenvalue weighted by atomic mass is 32.2. The average molecular weight is 618 g/mol. The summed E-state index contributed by atoms with van der Waals surface area (Å²) in [5.74, 6) is 1.20. The molecule has 2 aliphatic carbocycles. The number of nitrogens with one attached hydrogen (secondary N) is 2. The summed E-state index contributed by atoms with van der Waals surface area (Å²) >= 11 is -1.63. The lowest BCUT2D eigenvalue weighted by molar-refractivity contribution is -0.137. The monoisotopic (exact) mass is 617 g/mol. The largest absolute Gasteiger partial charge is 0.497 e. The Labute approximate surface area is 262 Å². The molecule has 0 radical (unpaired) electrons. The molecule has 44 heavy (non-hydrogen) atoms. The van der Waals surface area contributed by atoms with Gasteiger partial charge in [0.1, 0.15) is 5.75 Å². The van der Waals surface area contributed by atoms with Crippen LogP contribution in [0.15, 0.2) is 36.4 Å². The first-order valence-corrected chi connectivity index (χ1v) is 17.2. The molecule has 1 aromatic heterocycles. The van der Waals surface area contributed by atoms with E-state index in [9.17, 15) is 13.8 Å². The van der Waals surface area contributed by atoms with Crippen LogP contribution in [0.25, 0.3) is 22.2 Å². The zero-order valence-electron chi connectivity index (χ0n) is 26.0. The van der Waals surface area contributed by atoms with Crippen molar-refractivity contribution < 1.29 is 18.5 Å². The lowest BCUT2D eigenvalue weighted by Gasteiger charge is -2.27. The van der Waals surface area contributed by atoms with E-state index in [1.54, 1.807) is 21.2 Å². The highest BCUT2D eigenvalue weighted by Crippen LogP contribution is 2.66. The Balaban J connectivity index is 1.43. The molecule has 2 N–H and O–H groups in total. The summed E-state index contributed by atoms with van der Waals surface area (Å²) in [6, 6.07) is 12.3. The van der Waals surface area contributed by atoms with Gasteiger partial charge >= 0.3 is 0 Å². The summed E-state index contributed by atoms with van der Waals surface area (Å²) < 4.78 is 24.6. The second-order valence-corrected chi connectivity index (χ2v) is 14.6. The molecule has 3 heterocycles. The van der Waals surface area contributed by atoms with E-state index in [0.29, 0.717) is 18.0 Å². The fourth-order valence-corrected chi connectivity index (χ4v) is 8.47. The predicted octanol–water partition coefficient (Wildman–Crippen LogP) is 4.54. The maximum absolute atomic E-state index is 14.6. The van der Waals surface area contributed by atoms with E-state index in [0.717, 1.165) is 68.5 Å². The van der Waals surface area contributed by atoms with Crippen molar-refractivity contribution in [2.75, 3.05) is 47.4 Å². The Morgan fingerprint density at radius 2 is 1.86 bits per heavy atom. The molecule has 3 unspecified atom stereocenters. The number of methoxy groups -OCH3 is 1. The Morgan fingerprint density at radius 3 is 2.64 bits per heavy atom. The third-order valence-electron chi connectivity index (χ3n) is 10.3. The number of hydrogen-bond donors (Lipinski definition) is 2. The third kappa shape index (κ3) is 4.95. The Bertz CT molecular complexity index is 1640. The average Bonchev–Trinajstić information content (AvgIpc) is 3.78. The van der Waals surface area contributed by atoms with E-state index in [1.807, 2.05) is 18.2 Å². The van der Waals surface area contributed by atoms with Gasteiger partial charge in [0.05, 0.1) is 18.2 Å². The molecule has 0 spiro atoms. The van der Waals surface area contributed by atoms with Crippen molar-refractivity contribution in [2.45, 2.75) is 63.3 Å². The quantitative estimate of drug-likeness (QED) is 0.424. The Morgan fingerprint density at radius 1 is 1.05 bits per heavy atom. The number of rotatable bonds is 6. The van der Waals surface area contributed by atoms with Crippen molar-refractivity contribution in [1.82, 2.24) is 23.8 Å². The van der Waals surface area contributed by atoms with Crippen molar-refractivity contribution in [2.24, 2.45) is 5.41 Å². The molecule has 3 atom stereocenters. The summed E-state index contributed by atoms with van der Waals surface area (Å²) in [7, 11) is 5.03. The van der Waals surface area contributed by atoms with Crippen LogP contribution in [-0.4, -0.2) is 77.2 Å². The molecule has 2 saturated carbocycles. The SMILES string of the molecule is COc1ccc2c(c1)C1CC1(C(=O)N1CCCNCC1)Cn1c-2c(C2CCCCC2)c2ccc(C(=O)NS(=O)N(C)C)cc21. The number of fused-ring (bicyclic) bond motifs is 7. The van der Waals surface area contributed by atoms with E-state index in [2.05, 4.69) is 37.7 Å². The van der Waals surface area contributed by atoms with E-state index < -0.39 is 16.6 Å². The van der Waals surface area contributed by atoms with Gasteiger partial charge in [0, 0.05) is 68.2 Å². The molecule has 0 bridgehead atoms. The fourth-order valence-electron chi connectivity index (χ4n) is 8.02. The number of hydrogen-bond acceptors (Lipinski definition) is 5. The molecule has 7 rings (SSSR count). The van der Waals surface area contributed by atoms with Gasteiger partial charge in [-0.25, -0.2) is 8.51 Å². The number of carbonyl (C=O) groups is 2. The summed E-state index contributed by atoms with van der Waals surface area (Å²) in [5, 5.41) is 4.60. The van der Waals surface area contributed by atoms with Crippen LogP contribution in [0.1, 0.15) is 78.3 Å². The lowest BCUT2D eigenvalue weighted by atomic mass is 9.81. The number of ether oxygens (including phenoxy) is 1. The Hall–Kier alpha value is -3.21. The van der Waals surface area contributed by atoms with Gasteiger partial charge in [0.15, 0.2) is 11.2 Å². The second kappa shape index (κ2) is 11.6. The molecular weight excluding hydrogens is 574 g/mol. The number of nitrogens with zero attached hydrogens (tertiary/aromatic N) is 3. The van der Waals surface area contributed by atoms with Crippen LogP contribution >= 0.6 is 0 Å². The molecule has 10 heteroatoms. The van der Waals surface area contributed by atoms with Gasteiger partial charge in [-0.2, -0.15) is 0 Å². The summed E-state index contributed by atoms with van der Waals surface area (Å²) in [6.07, 6.45) is 7.69. The first-order valence-electron chi connectivity index (χ1n) is 16.1. The van der Waals surface area contributed by atoms with Crippen molar-refractivity contribution in [3.63, 3.8) is 0 Å². The highest BCUT2D eigenvalue weighted by molar-refractivity contribution is 7.81. The van der Waals surface area contributed by atoms with Crippen LogP contribution in [0.5, 0.6) is 5.75 Å². The topological polar surface area (TPSA) is 95.9 Å². The first kappa shape index (κ1) is 29.5. The van der Waals surface area contributed by atoms with Crippen LogP contribution < -0.4 is 14.8 Å². The lowest BCUT2D eigenvalue weighted by Crippen LogP contribution is -2.41. The maximum atomic E-state index is 14.6. The molecule has 2 amide bonds. The van der Waals surface area contributed by atoms with Crippen LogP contribution in [0.4, 0.5) is 0 Å². The zero-order valence-corrected chi connectivity index (χ0v) is 26.8. The standard InChI is InChI=1S/C34H43N5O4S/c1-37(2)44(42)36-32(40)23-10-12-26-29(18-23)39-21-34(33(41)38-16-7-14-35-15-17-38)20-28(34)27-19-24(43-3)11-13-25(27)31(39)30(26)22-8-5-4-6-9-22/h10-13,18-19,22,28,35H,4-9,14-17,20-21H2,1-3H3,(H,36,40). The molecule has 9 nitrogen and oxygen atoms in total. The zero-order chi connectivity index (χ0) is 30.6. The number of benzene rings is 2. The van der Waals surface area contributed by atoms with Crippen LogP contribution in [0.2, 0.25) is 0 Å². The van der Waals surface area contributed by atoms with Gasteiger partial charge in [0.2, 0.25) is 5.91 Å². The van der Waals surface area contributed by atoms with Gasteiger partial charge in [-0.15, -0.1) is 0 Å². The summed E-state index contributed by atoms with van der Waals surface area (Å²) in [4.78, 5) is 29.9. The summed E-state index contributed by atoms with van der Waals surface area (Å²) in [5.41, 5.74) is 5.81. The van der Waals surface area contributed by atoms with Crippen LogP contribution in [0, 0.1) is 5.41 Å². The van der Waals surface area contributed by atoms with Crippen molar-refractivity contribution in [1.29, 1.82) is 0 Å². The van der Waals surface area contributed by atoms with Crippen LogP contribution in [0.3, 0.4) is 0 Å². The van der Waals surface area contributed by atoms with Gasteiger partial charge in [0.25, 0.3) is 5.91 Å². The van der Waals surface area contributed by atoms with Gasteiger partial charge in [-0.05, 0) is 79.6 Å². The molecule has 234 valence electrons. The molecule has 2 aliphatic heterocycles.